The first-order valence-electron chi connectivity index (χ1n) is 4.44. The lowest BCUT2D eigenvalue weighted by Gasteiger charge is -2.05. The van der Waals surface area contributed by atoms with E-state index in [1.54, 1.807) is 24.4 Å². The first-order valence-corrected chi connectivity index (χ1v) is 4.44. The predicted molar refractivity (Wildman–Crippen MR) is 58.1 cm³/mol. The van der Waals surface area contributed by atoms with E-state index < -0.39 is 0 Å². The molecular formula is C11H10N2O2. The third-order valence-electron chi connectivity index (χ3n) is 2.07. The molecule has 0 aliphatic carbocycles. The molecule has 0 radical (unpaired) electrons. The number of nitrogen functional groups attached to an aromatic ring is 1. The summed E-state index contributed by atoms with van der Waals surface area (Å²) < 4.78 is 1.45. The molecule has 15 heavy (non-hydrogen) atoms. The second-order valence-electron chi connectivity index (χ2n) is 3.18. The highest BCUT2D eigenvalue weighted by Gasteiger charge is 1.99. The summed E-state index contributed by atoms with van der Waals surface area (Å²) in [6.07, 6.45) is 1.60. The van der Waals surface area contributed by atoms with E-state index in [9.17, 15) is 4.79 Å². The van der Waals surface area contributed by atoms with Crippen molar-refractivity contribution in [2.24, 2.45) is 0 Å². The number of rotatable bonds is 1. The van der Waals surface area contributed by atoms with Gasteiger partial charge in [-0.3, -0.25) is 9.36 Å². The average Bonchev–Trinajstić information content (AvgIpc) is 2.20. The largest absolute Gasteiger partial charge is 0.508 e. The fourth-order valence-corrected chi connectivity index (χ4v) is 1.32. The molecule has 0 spiro atoms. The van der Waals surface area contributed by atoms with Crippen molar-refractivity contribution in [3.8, 4) is 11.4 Å². The van der Waals surface area contributed by atoms with Crippen molar-refractivity contribution in [2.75, 3.05) is 5.73 Å². The molecule has 0 aliphatic heterocycles. The smallest absolute Gasteiger partial charge is 0.257 e. The first-order chi connectivity index (χ1) is 7.16. The second-order valence-corrected chi connectivity index (χ2v) is 3.18. The van der Waals surface area contributed by atoms with Gasteiger partial charge >= 0.3 is 0 Å². The van der Waals surface area contributed by atoms with Crippen LogP contribution in [-0.2, 0) is 0 Å². The molecule has 2 aromatic rings. The fourth-order valence-electron chi connectivity index (χ4n) is 1.32. The minimum Gasteiger partial charge on any atom is -0.508 e. The number of pyridine rings is 1. The van der Waals surface area contributed by atoms with E-state index in [-0.39, 0.29) is 11.3 Å². The highest BCUT2D eigenvalue weighted by molar-refractivity contribution is 5.41. The summed E-state index contributed by atoms with van der Waals surface area (Å²) >= 11 is 0. The van der Waals surface area contributed by atoms with Gasteiger partial charge in [-0.05, 0) is 30.3 Å². The van der Waals surface area contributed by atoms with Gasteiger partial charge in [0, 0.05) is 23.6 Å². The van der Waals surface area contributed by atoms with E-state index in [0.717, 1.165) is 0 Å². The molecule has 4 heteroatoms. The molecule has 0 amide bonds. The number of hydrogen-bond donors (Lipinski definition) is 2. The summed E-state index contributed by atoms with van der Waals surface area (Å²) in [5, 5.41) is 9.11. The molecule has 4 nitrogen and oxygen atoms in total. The Hall–Kier alpha value is -2.23. The van der Waals surface area contributed by atoms with Gasteiger partial charge in [0.25, 0.3) is 5.56 Å². The highest BCUT2D eigenvalue weighted by Crippen LogP contribution is 2.12. The van der Waals surface area contributed by atoms with E-state index in [2.05, 4.69) is 0 Å². The summed E-state index contributed by atoms with van der Waals surface area (Å²) in [5.41, 5.74) is 6.41. The summed E-state index contributed by atoms with van der Waals surface area (Å²) in [5.74, 6) is 0.169. The van der Waals surface area contributed by atoms with Crippen molar-refractivity contribution < 1.29 is 5.11 Å². The van der Waals surface area contributed by atoms with E-state index in [0.29, 0.717) is 11.4 Å². The van der Waals surface area contributed by atoms with Crippen LogP contribution >= 0.6 is 0 Å². The Morgan fingerprint density at radius 1 is 1.13 bits per heavy atom. The number of aromatic hydroxyl groups is 1. The molecule has 76 valence electrons. The summed E-state index contributed by atoms with van der Waals surface area (Å²) in [6.45, 7) is 0. The van der Waals surface area contributed by atoms with Gasteiger partial charge in [-0.2, -0.15) is 0 Å². The second kappa shape index (κ2) is 3.49. The molecule has 0 saturated heterocycles. The summed E-state index contributed by atoms with van der Waals surface area (Å²) in [7, 11) is 0. The Kier molecular flexibility index (Phi) is 2.17. The third-order valence-corrected chi connectivity index (χ3v) is 2.07. The average molecular weight is 202 g/mol. The molecule has 0 unspecified atom stereocenters. The van der Waals surface area contributed by atoms with Crippen molar-refractivity contribution >= 4 is 5.69 Å². The molecule has 0 atom stereocenters. The Balaban J connectivity index is 2.55. The normalized spacial score (nSPS) is 10.1. The van der Waals surface area contributed by atoms with E-state index in [4.69, 9.17) is 10.8 Å². The maximum Gasteiger partial charge on any atom is 0.257 e. The van der Waals surface area contributed by atoms with Crippen LogP contribution in [0.25, 0.3) is 5.69 Å². The Labute approximate surface area is 86.2 Å². The third kappa shape index (κ3) is 1.83. The van der Waals surface area contributed by atoms with Crippen molar-refractivity contribution in [3.05, 3.63) is 52.9 Å². The van der Waals surface area contributed by atoms with Gasteiger partial charge < -0.3 is 10.8 Å². The topological polar surface area (TPSA) is 68.2 Å². The number of nitrogens with zero attached hydrogens (tertiary/aromatic N) is 1. The number of nitrogens with two attached hydrogens (primary N) is 1. The van der Waals surface area contributed by atoms with Gasteiger partial charge in [0.2, 0.25) is 0 Å². The minimum absolute atomic E-state index is 0.169. The summed E-state index contributed by atoms with van der Waals surface area (Å²) in [6, 6.07) is 9.37. The van der Waals surface area contributed by atoms with Crippen molar-refractivity contribution in [1.29, 1.82) is 0 Å². The monoisotopic (exact) mass is 202 g/mol. The van der Waals surface area contributed by atoms with Crippen LogP contribution in [0.5, 0.6) is 5.75 Å². The molecular weight excluding hydrogens is 192 g/mol. The lowest BCUT2D eigenvalue weighted by molar-refractivity contribution is 0.475. The van der Waals surface area contributed by atoms with Crippen LogP contribution in [0.3, 0.4) is 0 Å². The molecule has 1 aromatic carbocycles. The number of aromatic nitrogens is 1. The minimum atomic E-state index is -0.194. The Morgan fingerprint density at radius 2 is 1.80 bits per heavy atom. The fraction of sp³-hybridized carbons (Fsp3) is 0. The Morgan fingerprint density at radius 3 is 2.40 bits per heavy atom. The van der Waals surface area contributed by atoms with Crippen molar-refractivity contribution in [1.82, 2.24) is 4.57 Å². The Bertz CT molecular complexity index is 529. The van der Waals surface area contributed by atoms with Crippen LogP contribution in [0.15, 0.2) is 47.4 Å². The maximum atomic E-state index is 11.5. The lowest BCUT2D eigenvalue weighted by Crippen LogP contribution is -2.16. The van der Waals surface area contributed by atoms with E-state index >= 15 is 0 Å². The molecule has 3 N–H and O–H groups in total. The van der Waals surface area contributed by atoms with Crippen LogP contribution in [0.1, 0.15) is 0 Å². The van der Waals surface area contributed by atoms with Crippen LogP contribution in [0.4, 0.5) is 5.69 Å². The SMILES string of the molecule is Nc1ccn(-c2ccc(O)cc2)c(=O)c1. The predicted octanol–water partition coefficient (Wildman–Crippen LogP) is 1.13. The molecule has 2 rings (SSSR count). The maximum absolute atomic E-state index is 11.5. The number of phenolic OH excluding ortho intramolecular Hbond substituents is 1. The van der Waals surface area contributed by atoms with Gasteiger partial charge in [-0.1, -0.05) is 0 Å². The zero-order valence-corrected chi connectivity index (χ0v) is 7.92. The first kappa shape index (κ1) is 9.33. The van der Waals surface area contributed by atoms with Crippen LogP contribution in [0, 0.1) is 0 Å². The highest BCUT2D eigenvalue weighted by atomic mass is 16.3. The number of hydrogen-bond acceptors (Lipinski definition) is 3. The lowest BCUT2D eigenvalue weighted by atomic mass is 10.3. The number of benzene rings is 1. The quantitative estimate of drug-likeness (QED) is 0.728. The van der Waals surface area contributed by atoms with E-state index in [1.165, 1.54) is 22.8 Å². The van der Waals surface area contributed by atoms with Crippen molar-refractivity contribution in [2.45, 2.75) is 0 Å². The zero-order chi connectivity index (χ0) is 10.8. The number of anilines is 1. The van der Waals surface area contributed by atoms with E-state index in [1.807, 2.05) is 0 Å². The molecule has 0 saturated carbocycles. The molecule has 0 fully saturated rings. The molecule has 0 aliphatic rings. The summed E-state index contributed by atoms with van der Waals surface area (Å²) in [4.78, 5) is 11.5. The standard InChI is InChI=1S/C11H10N2O2/c12-8-5-6-13(11(15)7-8)9-1-3-10(14)4-2-9/h1-7,14H,12H2. The molecule has 1 heterocycles. The van der Waals surface area contributed by atoms with Gasteiger partial charge in [-0.15, -0.1) is 0 Å². The van der Waals surface area contributed by atoms with Crippen molar-refractivity contribution in [3.63, 3.8) is 0 Å². The zero-order valence-electron chi connectivity index (χ0n) is 7.92. The number of phenols is 1. The van der Waals surface area contributed by atoms with Crippen LogP contribution < -0.4 is 11.3 Å². The van der Waals surface area contributed by atoms with Crippen LogP contribution in [-0.4, -0.2) is 9.67 Å². The van der Waals surface area contributed by atoms with Gasteiger partial charge in [0.05, 0.1) is 0 Å². The van der Waals surface area contributed by atoms with Gasteiger partial charge in [0.1, 0.15) is 5.75 Å². The van der Waals surface area contributed by atoms with Crippen LogP contribution in [0.2, 0.25) is 0 Å². The molecule has 0 bridgehead atoms. The van der Waals surface area contributed by atoms with Gasteiger partial charge in [-0.25, -0.2) is 0 Å². The van der Waals surface area contributed by atoms with Gasteiger partial charge in [0.15, 0.2) is 0 Å². The molecule has 1 aromatic heterocycles.